The summed E-state index contributed by atoms with van der Waals surface area (Å²) in [5.41, 5.74) is 0.588. The van der Waals surface area contributed by atoms with Crippen molar-refractivity contribution in [3.05, 3.63) is 35.7 Å². The highest BCUT2D eigenvalue weighted by Gasteiger charge is 2.42. The first-order valence-electron chi connectivity index (χ1n) is 10.6. The Morgan fingerprint density at radius 3 is 2.54 bits per heavy atom. The smallest absolute Gasteiger partial charge is 0.253 e. The predicted molar refractivity (Wildman–Crippen MR) is 142 cm³/mol. The van der Waals surface area contributed by atoms with Crippen LogP contribution in [0.3, 0.4) is 0 Å². The summed E-state index contributed by atoms with van der Waals surface area (Å²) in [6.45, 7) is 1.17. The number of fused-ring (bicyclic) bond motifs is 1. The summed E-state index contributed by atoms with van der Waals surface area (Å²) in [5.74, 6) is -0.318. The molecular weight excluding hydrogens is 552 g/mol. The van der Waals surface area contributed by atoms with Gasteiger partial charge in [0, 0.05) is 25.9 Å². The molecule has 0 bridgehead atoms. The second kappa shape index (κ2) is 10.8. The van der Waals surface area contributed by atoms with Gasteiger partial charge in [-0.05, 0) is 56.6 Å². The fraction of sp³-hybridized carbons (Fsp3) is 0.429. The summed E-state index contributed by atoms with van der Waals surface area (Å²) in [7, 11) is -3.37. The maximum Gasteiger partial charge on any atom is 0.253 e. The van der Waals surface area contributed by atoms with E-state index in [1.165, 1.54) is 26.6 Å². The average Bonchev–Trinajstić information content (AvgIpc) is 3.52. The number of halogens is 1. The molecule has 1 aliphatic rings. The van der Waals surface area contributed by atoms with Crippen LogP contribution in [0.4, 0.5) is 5.13 Å². The Balaban J connectivity index is 0.00000342. The number of hydrogen-bond acceptors (Lipinski definition) is 9. The molecule has 1 saturated heterocycles. The predicted octanol–water partition coefficient (Wildman–Crippen LogP) is 2.93. The molecule has 192 valence electrons. The molecule has 1 fully saturated rings. The molecule has 2 aromatic heterocycles. The molecule has 1 aromatic carbocycles. The highest BCUT2D eigenvalue weighted by atomic mass is 35.5. The standard InChI is InChI=1S/C21H26N4O5S4.ClH/c1-23(2)11-12-24(21-22-16-9-8-15(33(3,27)28)14-18(16)32-21)20(26)17-6-4-10-25(17)34(29,30)19-7-5-13-31-19;/h5,7-9,13-14,17H,4,6,10-12H2,1-3H3;1H. The number of thiophene rings is 1. The largest absolute Gasteiger partial charge is 0.308 e. The molecule has 1 atom stereocenters. The zero-order valence-corrected chi connectivity index (χ0v) is 23.5. The molecule has 3 aromatic rings. The third-order valence-electron chi connectivity index (χ3n) is 5.59. The molecular formula is C21H27ClN4O5S4. The lowest BCUT2D eigenvalue weighted by Crippen LogP contribution is -2.49. The molecule has 14 heteroatoms. The first-order chi connectivity index (χ1) is 16.0. The van der Waals surface area contributed by atoms with E-state index in [9.17, 15) is 21.6 Å². The molecule has 0 aliphatic carbocycles. The van der Waals surface area contributed by atoms with Crippen LogP contribution in [-0.4, -0.2) is 83.0 Å². The van der Waals surface area contributed by atoms with Crippen molar-refractivity contribution in [1.29, 1.82) is 0 Å². The zero-order valence-electron chi connectivity index (χ0n) is 19.4. The van der Waals surface area contributed by atoms with E-state index < -0.39 is 25.9 Å². The minimum atomic E-state index is -3.77. The van der Waals surface area contributed by atoms with Crippen LogP contribution < -0.4 is 4.90 Å². The second-order valence-electron chi connectivity index (χ2n) is 8.40. The van der Waals surface area contributed by atoms with Gasteiger partial charge in [-0.3, -0.25) is 9.69 Å². The molecule has 3 heterocycles. The van der Waals surface area contributed by atoms with Crippen molar-refractivity contribution in [1.82, 2.24) is 14.2 Å². The molecule has 1 unspecified atom stereocenters. The number of thiazole rings is 1. The number of sulfonamides is 1. The minimum absolute atomic E-state index is 0. The van der Waals surface area contributed by atoms with E-state index in [0.717, 1.165) is 17.6 Å². The lowest BCUT2D eigenvalue weighted by Gasteiger charge is -2.29. The number of rotatable bonds is 8. The van der Waals surface area contributed by atoms with Gasteiger partial charge in [-0.2, -0.15) is 4.31 Å². The van der Waals surface area contributed by atoms with Crippen molar-refractivity contribution < 1.29 is 21.6 Å². The topological polar surface area (TPSA) is 108 Å². The monoisotopic (exact) mass is 578 g/mol. The van der Waals surface area contributed by atoms with E-state index in [1.54, 1.807) is 29.6 Å². The van der Waals surface area contributed by atoms with Crippen LogP contribution in [0.2, 0.25) is 0 Å². The number of hydrogen-bond donors (Lipinski definition) is 0. The fourth-order valence-corrected chi connectivity index (χ4v) is 8.35. The number of sulfone groups is 1. The summed E-state index contributed by atoms with van der Waals surface area (Å²) in [6, 6.07) is 7.11. The number of aromatic nitrogens is 1. The van der Waals surface area contributed by atoms with E-state index >= 15 is 0 Å². The van der Waals surface area contributed by atoms with Gasteiger partial charge < -0.3 is 4.90 Å². The van der Waals surface area contributed by atoms with Crippen LogP contribution >= 0.6 is 35.1 Å². The molecule has 0 saturated carbocycles. The van der Waals surface area contributed by atoms with Crippen LogP contribution in [0.15, 0.2) is 44.8 Å². The number of anilines is 1. The molecule has 9 nitrogen and oxygen atoms in total. The maximum atomic E-state index is 13.8. The van der Waals surface area contributed by atoms with E-state index in [0.29, 0.717) is 41.3 Å². The van der Waals surface area contributed by atoms with Crippen molar-refractivity contribution in [3.63, 3.8) is 0 Å². The first kappa shape index (κ1) is 28.0. The summed E-state index contributed by atoms with van der Waals surface area (Å²) < 4.78 is 52.5. The number of carbonyl (C=O) groups excluding carboxylic acids is 1. The van der Waals surface area contributed by atoms with Gasteiger partial charge in [0.2, 0.25) is 5.91 Å². The minimum Gasteiger partial charge on any atom is -0.308 e. The number of likely N-dealkylation sites (N-methyl/N-ethyl adjacent to an activating group) is 1. The van der Waals surface area contributed by atoms with Crippen molar-refractivity contribution in [2.24, 2.45) is 0 Å². The number of amides is 1. The van der Waals surface area contributed by atoms with Crippen LogP contribution in [-0.2, 0) is 24.7 Å². The SMILES string of the molecule is CN(C)CCN(C(=O)C1CCCN1S(=O)(=O)c1cccs1)c1nc2ccc(S(C)(=O)=O)cc2s1.Cl. The second-order valence-corrected chi connectivity index (χ2v) is 14.5. The molecule has 1 aliphatic heterocycles. The first-order valence-corrected chi connectivity index (χ1v) is 15.6. The van der Waals surface area contributed by atoms with Crippen LogP contribution in [0, 0.1) is 0 Å². The Kier molecular flexibility index (Phi) is 8.62. The van der Waals surface area contributed by atoms with Gasteiger partial charge in [-0.15, -0.1) is 23.7 Å². The van der Waals surface area contributed by atoms with Gasteiger partial charge in [0.05, 0.1) is 15.1 Å². The van der Waals surface area contributed by atoms with Gasteiger partial charge in [0.25, 0.3) is 10.0 Å². The summed E-state index contributed by atoms with van der Waals surface area (Å²) >= 11 is 2.36. The maximum absolute atomic E-state index is 13.8. The Morgan fingerprint density at radius 1 is 1.17 bits per heavy atom. The third kappa shape index (κ3) is 5.87. The quantitative estimate of drug-likeness (QED) is 0.404. The Morgan fingerprint density at radius 2 is 1.91 bits per heavy atom. The van der Waals surface area contributed by atoms with E-state index in [1.807, 2.05) is 19.0 Å². The van der Waals surface area contributed by atoms with E-state index in [-0.39, 0.29) is 34.0 Å². The van der Waals surface area contributed by atoms with Crippen molar-refractivity contribution in [2.75, 3.05) is 44.9 Å². The molecule has 1 amide bonds. The Hall–Kier alpha value is -1.61. The van der Waals surface area contributed by atoms with Crippen LogP contribution in [0.1, 0.15) is 12.8 Å². The highest BCUT2D eigenvalue weighted by Crippen LogP contribution is 2.34. The van der Waals surface area contributed by atoms with Crippen molar-refractivity contribution in [3.8, 4) is 0 Å². The number of nitrogens with zero attached hydrogens (tertiary/aromatic N) is 4. The molecule has 0 radical (unpaired) electrons. The van der Waals surface area contributed by atoms with Crippen molar-refractivity contribution >= 4 is 76.2 Å². The lowest BCUT2D eigenvalue weighted by atomic mass is 10.2. The highest BCUT2D eigenvalue weighted by molar-refractivity contribution is 7.91. The zero-order chi connectivity index (χ0) is 24.7. The Labute approximate surface area is 219 Å². The van der Waals surface area contributed by atoms with Gasteiger partial charge in [-0.1, -0.05) is 17.4 Å². The average molecular weight is 579 g/mol. The molecule has 0 N–H and O–H groups in total. The van der Waals surface area contributed by atoms with Gasteiger partial charge in [-0.25, -0.2) is 21.8 Å². The van der Waals surface area contributed by atoms with Crippen molar-refractivity contribution in [2.45, 2.75) is 28.0 Å². The molecule has 35 heavy (non-hydrogen) atoms. The van der Waals surface area contributed by atoms with Crippen LogP contribution in [0.5, 0.6) is 0 Å². The summed E-state index contributed by atoms with van der Waals surface area (Å²) in [6.07, 6.45) is 2.18. The lowest BCUT2D eigenvalue weighted by molar-refractivity contribution is -0.121. The van der Waals surface area contributed by atoms with Gasteiger partial charge in [0.1, 0.15) is 10.3 Å². The van der Waals surface area contributed by atoms with Gasteiger partial charge >= 0.3 is 0 Å². The van der Waals surface area contributed by atoms with E-state index in [2.05, 4.69) is 4.98 Å². The molecule has 4 rings (SSSR count). The van der Waals surface area contributed by atoms with E-state index in [4.69, 9.17) is 0 Å². The Bertz CT molecular complexity index is 1400. The molecule has 0 spiro atoms. The van der Waals surface area contributed by atoms with Gasteiger partial charge in [0.15, 0.2) is 15.0 Å². The fourth-order valence-electron chi connectivity index (χ4n) is 3.82. The normalized spacial score (nSPS) is 17.1. The number of benzene rings is 1. The summed E-state index contributed by atoms with van der Waals surface area (Å²) in [5, 5.41) is 2.13. The number of carbonyl (C=O) groups is 1. The summed E-state index contributed by atoms with van der Waals surface area (Å²) in [4.78, 5) is 22.0. The third-order valence-corrected chi connectivity index (χ3v) is 11.0. The van der Waals surface area contributed by atoms with Crippen LogP contribution in [0.25, 0.3) is 10.2 Å².